The zero-order chi connectivity index (χ0) is 29.5. The Hall–Kier alpha value is -2.54. The number of carbonyl (C=O) groups is 3. The monoisotopic (exact) mass is 597 g/mol. The van der Waals surface area contributed by atoms with Crippen molar-refractivity contribution >= 4 is 29.3 Å². The first kappa shape index (κ1) is 30.4. The van der Waals surface area contributed by atoms with Crippen LogP contribution in [-0.2, 0) is 38.1 Å². The molecule has 4 rings (SSSR count). The number of alkyl halides is 7. The van der Waals surface area contributed by atoms with E-state index in [0.29, 0.717) is 50.9 Å². The maximum absolute atomic E-state index is 13.2. The zero-order valence-electron chi connectivity index (χ0n) is 21.7. The van der Waals surface area contributed by atoms with Gasteiger partial charge in [0.05, 0.1) is 23.8 Å². The van der Waals surface area contributed by atoms with Crippen molar-refractivity contribution in [3.63, 3.8) is 0 Å². The van der Waals surface area contributed by atoms with Gasteiger partial charge in [-0.3, -0.25) is 14.4 Å². The highest BCUT2D eigenvalue weighted by atomic mass is 35.5. The first-order valence-electron chi connectivity index (χ1n) is 12.9. The van der Waals surface area contributed by atoms with Crippen LogP contribution in [0.15, 0.2) is 18.2 Å². The predicted molar refractivity (Wildman–Crippen MR) is 131 cm³/mol. The molecular formula is C26H30ClF6N3O4. The summed E-state index contributed by atoms with van der Waals surface area (Å²) in [6.45, 7) is 2.39. The average Bonchev–Trinajstić information content (AvgIpc) is 3.30. The number of carbonyl (C=O) groups excluding carboxylic acids is 3. The Labute approximate surface area is 232 Å². The van der Waals surface area contributed by atoms with E-state index in [1.54, 1.807) is 9.80 Å². The van der Waals surface area contributed by atoms with E-state index in [4.69, 9.17) is 16.3 Å². The van der Waals surface area contributed by atoms with Gasteiger partial charge in [-0.1, -0.05) is 0 Å². The van der Waals surface area contributed by atoms with Gasteiger partial charge in [0.15, 0.2) is 0 Å². The summed E-state index contributed by atoms with van der Waals surface area (Å²) in [6.07, 6.45) is -8.69. The SMILES string of the molecule is CC1(NC(=O)CCl)CCN(C(=O)C2CC(=O)N3CC(OCc4cc(C(F)(F)F)cc(C(F)(F)F)c4)CC3C2)CC1. The molecule has 1 aromatic carbocycles. The fraction of sp³-hybridized carbons (Fsp3) is 0.654. The van der Waals surface area contributed by atoms with Gasteiger partial charge < -0.3 is 19.9 Å². The van der Waals surface area contributed by atoms with Crippen LogP contribution in [0.2, 0.25) is 0 Å². The maximum atomic E-state index is 13.2. The number of fused-ring (bicyclic) bond motifs is 1. The van der Waals surface area contributed by atoms with Crippen LogP contribution in [0.1, 0.15) is 55.7 Å². The van der Waals surface area contributed by atoms with Gasteiger partial charge in [-0.2, -0.15) is 26.3 Å². The number of benzene rings is 1. The number of hydrogen-bond acceptors (Lipinski definition) is 4. The first-order chi connectivity index (χ1) is 18.6. The third-order valence-electron chi connectivity index (χ3n) is 7.90. The molecule has 3 aliphatic rings. The number of amides is 3. The molecule has 3 saturated heterocycles. The molecule has 0 aromatic heterocycles. The van der Waals surface area contributed by atoms with Crippen molar-refractivity contribution in [2.45, 2.75) is 75.7 Å². The Balaban J connectivity index is 1.34. The summed E-state index contributed by atoms with van der Waals surface area (Å²) in [4.78, 5) is 41.0. The summed E-state index contributed by atoms with van der Waals surface area (Å²) >= 11 is 5.57. The number of ether oxygens (including phenoxy) is 1. The molecule has 14 heteroatoms. The largest absolute Gasteiger partial charge is 0.416 e. The maximum Gasteiger partial charge on any atom is 0.416 e. The van der Waals surface area contributed by atoms with Crippen molar-refractivity contribution < 1.29 is 45.5 Å². The van der Waals surface area contributed by atoms with E-state index in [1.165, 1.54) is 0 Å². The van der Waals surface area contributed by atoms with Gasteiger partial charge in [0.25, 0.3) is 0 Å². The molecule has 0 spiro atoms. The van der Waals surface area contributed by atoms with Crippen molar-refractivity contribution in [2.75, 3.05) is 25.5 Å². The molecular weight excluding hydrogens is 568 g/mol. The first-order valence-corrected chi connectivity index (χ1v) is 13.5. The van der Waals surface area contributed by atoms with Crippen molar-refractivity contribution in [1.29, 1.82) is 0 Å². The van der Waals surface area contributed by atoms with E-state index in [9.17, 15) is 40.7 Å². The van der Waals surface area contributed by atoms with Crippen LogP contribution in [0, 0.1) is 5.92 Å². The Morgan fingerprint density at radius 1 is 1.05 bits per heavy atom. The summed E-state index contributed by atoms with van der Waals surface area (Å²) < 4.78 is 84.6. The number of piperidine rings is 2. The van der Waals surface area contributed by atoms with Gasteiger partial charge in [0, 0.05) is 43.6 Å². The summed E-state index contributed by atoms with van der Waals surface area (Å²) in [7, 11) is 0. The van der Waals surface area contributed by atoms with Crippen molar-refractivity contribution in [3.05, 3.63) is 34.9 Å². The molecule has 7 nitrogen and oxygen atoms in total. The highest BCUT2D eigenvalue weighted by Crippen LogP contribution is 2.38. The van der Waals surface area contributed by atoms with E-state index in [0.717, 1.165) is 0 Å². The molecule has 3 unspecified atom stereocenters. The third kappa shape index (κ3) is 7.02. The summed E-state index contributed by atoms with van der Waals surface area (Å²) in [5, 5.41) is 2.88. The highest BCUT2D eigenvalue weighted by Gasteiger charge is 2.45. The van der Waals surface area contributed by atoms with Gasteiger partial charge in [0.2, 0.25) is 17.7 Å². The lowest BCUT2D eigenvalue weighted by molar-refractivity contribution is -0.147. The minimum absolute atomic E-state index is 0.0153. The average molecular weight is 598 g/mol. The molecule has 0 bridgehead atoms. The fourth-order valence-electron chi connectivity index (χ4n) is 5.74. The second-order valence-electron chi connectivity index (χ2n) is 11.0. The molecule has 40 heavy (non-hydrogen) atoms. The molecule has 222 valence electrons. The number of hydrogen-bond donors (Lipinski definition) is 1. The quantitative estimate of drug-likeness (QED) is 0.391. The summed E-state index contributed by atoms with van der Waals surface area (Å²) in [6, 6.07) is 1.00. The summed E-state index contributed by atoms with van der Waals surface area (Å²) in [5.41, 5.74) is -3.58. The van der Waals surface area contributed by atoms with Gasteiger partial charge in [-0.15, -0.1) is 11.6 Å². The number of rotatable bonds is 6. The van der Waals surface area contributed by atoms with Gasteiger partial charge >= 0.3 is 12.4 Å². The van der Waals surface area contributed by atoms with E-state index >= 15 is 0 Å². The van der Waals surface area contributed by atoms with Gasteiger partial charge in [-0.05, 0) is 56.4 Å². The Bertz CT molecular complexity index is 1100. The van der Waals surface area contributed by atoms with E-state index < -0.39 is 47.6 Å². The smallest absolute Gasteiger partial charge is 0.372 e. The van der Waals surface area contributed by atoms with Crippen LogP contribution < -0.4 is 5.32 Å². The molecule has 0 radical (unpaired) electrons. The molecule has 0 saturated carbocycles. The second kappa shape index (κ2) is 11.4. The Morgan fingerprint density at radius 2 is 1.65 bits per heavy atom. The van der Waals surface area contributed by atoms with Crippen LogP contribution in [0.5, 0.6) is 0 Å². The van der Waals surface area contributed by atoms with Crippen LogP contribution in [0.25, 0.3) is 0 Å². The van der Waals surface area contributed by atoms with Crippen molar-refractivity contribution in [3.8, 4) is 0 Å². The van der Waals surface area contributed by atoms with E-state index in [2.05, 4.69) is 5.32 Å². The van der Waals surface area contributed by atoms with Crippen molar-refractivity contribution in [1.82, 2.24) is 15.1 Å². The van der Waals surface area contributed by atoms with E-state index in [1.807, 2.05) is 6.92 Å². The molecule has 3 aliphatic heterocycles. The standard InChI is InChI=1S/C26H30ClF6N3O4/c1-24(34-21(37)12-27)2-4-35(5-3-24)23(39)16-8-19-11-20(13-36(19)22(38)9-16)40-14-15-6-17(25(28,29)30)10-18(7-15)26(31,32)33/h6-7,10,16,19-20H,2-5,8-9,11-14H2,1H3,(H,34,37). The zero-order valence-corrected chi connectivity index (χ0v) is 22.5. The lowest BCUT2D eigenvalue weighted by atomic mass is 9.86. The van der Waals surface area contributed by atoms with E-state index in [-0.39, 0.29) is 54.2 Å². The summed E-state index contributed by atoms with van der Waals surface area (Å²) in [5.74, 6) is -1.36. The van der Waals surface area contributed by atoms with Gasteiger partial charge in [0.1, 0.15) is 5.88 Å². The van der Waals surface area contributed by atoms with Crippen LogP contribution in [0.4, 0.5) is 26.3 Å². The second-order valence-corrected chi connectivity index (χ2v) is 11.3. The van der Waals surface area contributed by atoms with Crippen molar-refractivity contribution in [2.24, 2.45) is 5.92 Å². The van der Waals surface area contributed by atoms with Crippen LogP contribution in [-0.4, -0.2) is 70.7 Å². The lowest BCUT2D eigenvalue weighted by Crippen LogP contribution is -2.56. The minimum Gasteiger partial charge on any atom is -0.372 e. The Kier molecular flexibility index (Phi) is 8.66. The number of likely N-dealkylation sites (tertiary alicyclic amines) is 1. The molecule has 3 fully saturated rings. The van der Waals surface area contributed by atoms with Crippen LogP contribution in [0.3, 0.4) is 0 Å². The lowest BCUT2D eigenvalue weighted by Gasteiger charge is -2.42. The fourth-order valence-corrected chi connectivity index (χ4v) is 5.81. The van der Waals surface area contributed by atoms with Gasteiger partial charge in [-0.25, -0.2) is 0 Å². The molecule has 3 amide bonds. The molecule has 3 atom stereocenters. The number of nitrogens with one attached hydrogen (secondary N) is 1. The third-order valence-corrected chi connectivity index (χ3v) is 8.14. The normalized spacial score (nSPS) is 25.1. The topological polar surface area (TPSA) is 79.0 Å². The number of nitrogens with zero attached hydrogens (tertiary/aromatic N) is 2. The highest BCUT2D eigenvalue weighted by molar-refractivity contribution is 6.27. The molecule has 0 aliphatic carbocycles. The number of halogens is 7. The van der Waals surface area contributed by atoms with Crippen LogP contribution >= 0.6 is 11.6 Å². The minimum atomic E-state index is -4.96. The Morgan fingerprint density at radius 3 is 2.20 bits per heavy atom. The molecule has 1 aromatic rings. The molecule has 1 N–H and O–H groups in total. The predicted octanol–water partition coefficient (Wildman–Crippen LogP) is 4.36. The molecule has 3 heterocycles.